The van der Waals surface area contributed by atoms with Gasteiger partial charge in [-0.2, -0.15) is 0 Å². The molecule has 8 heteroatoms. The van der Waals surface area contributed by atoms with Crippen molar-refractivity contribution in [3.05, 3.63) is 46.3 Å². The Bertz CT molecular complexity index is 864. The minimum Gasteiger partial charge on any atom is -0.334 e. The summed E-state index contributed by atoms with van der Waals surface area (Å²) in [5, 5.41) is 2.96. The molecule has 0 aliphatic carbocycles. The van der Waals surface area contributed by atoms with Crippen molar-refractivity contribution in [2.24, 2.45) is 0 Å². The molecule has 4 rings (SSSR count). The van der Waals surface area contributed by atoms with Crippen LogP contribution in [0.2, 0.25) is 5.02 Å². The Labute approximate surface area is 153 Å². The van der Waals surface area contributed by atoms with Gasteiger partial charge in [0.1, 0.15) is 6.04 Å². The highest BCUT2D eigenvalue weighted by molar-refractivity contribution is 7.17. The monoisotopic (exact) mass is 375 g/mol. The highest BCUT2D eigenvalue weighted by atomic mass is 35.5. The van der Waals surface area contributed by atoms with Crippen LogP contribution in [0.1, 0.15) is 9.67 Å². The molecule has 3 heterocycles. The van der Waals surface area contributed by atoms with Gasteiger partial charge in [0, 0.05) is 23.0 Å². The molecule has 2 aromatic rings. The summed E-state index contributed by atoms with van der Waals surface area (Å²) >= 11 is 7.31. The number of hydrogen-bond donors (Lipinski definition) is 1. The predicted molar refractivity (Wildman–Crippen MR) is 94.7 cm³/mol. The van der Waals surface area contributed by atoms with Gasteiger partial charge in [0.15, 0.2) is 0 Å². The Kier molecular flexibility index (Phi) is 3.97. The van der Waals surface area contributed by atoms with Crippen LogP contribution in [-0.4, -0.2) is 53.3 Å². The summed E-state index contributed by atoms with van der Waals surface area (Å²) in [7, 11) is 0. The summed E-state index contributed by atoms with van der Waals surface area (Å²) in [6.07, 6.45) is 0. The number of nitrogens with zero attached hydrogens (tertiary/aromatic N) is 2. The Morgan fingerprint density at radius 2 is 1.88 bits per heavy atom. The zero-order chi connectivity index (χ0) is 17.6. The first-order valence-electron chi connectivity index (χ1n) is 7.79. The van der Waals surface area contributed by atoms with E-state index in [1.165, 1.54) is 16.2 Å². The van der Waals surface area contributed by atoms with Crippen molar-refractivity contribution < 1.29 is 14.4 Å². The van der Waals surface area contributed by atoms with Gasteiger partial charge >= 0.3 is 6.03 Å². The van der Waals surface area contributed by atoms with E-state index in [4.69, 9.17) is 11.6 Å². The molecule has 1 aromatic heterocycles. The third-order valence-corrected chi connectivity index (χ3v) is 5.78. The number of urea groups is 1. The maximum atomic E-state index is 12.8. The summed E-state index contributed by atoms with van der Waals surface area (Å²) in [5.41, 5.74) is 0.999. The summed E-state index contributed by atoms with van der Waals surface area (Å²) in [6, 6.07) is 10.2. The second kappa shape index (κ2) is 6.16. The maximum absolute atomic E-state index is 12.8. The molecule has 0 saturated carbocycles. The number of benzene rings is 1. The number of carbonyl (C=O) groups excluding carboxylic acids is 3. The number of hydrogen-bond acceptors (Lipinski definition) is 4. The van der Waals surface area contributed by atoms with E-state index in [2.05, 4.69) is 5.32 Å². The Morgan fingerprint density at radius 3 is 2.64 bits per heavy atom. The van der Waals surface area contributed by atoms with Crippen LogP contribution < -0.4 is 5.32 Å². The summed E-state index contributed by atoms with van der Waals surface area (Å²) in [5.74, 6) is -0.451. The lowest BCUT2D eigenvalue weighted by Gasteiger charge is -2.35. The van der Waals surface area contributed by atoms with Crippen LogP contribution in [0.15, 0.2) is 36.4 Å². The first kappa shape index (κ1) is 16.1. The number of carbonyl (C=O) groups is 3. The molecule has 128 valence electrons. The normalized spacial score (nSPS) is 19.8. The number of imide groups is 1. The largest absolute Gasteiger partial charge is 0.334 e. The van der Waals surface area contributed by atoms with Crippen LogP contribution >= 0.6 is 22.9 Å². The average Bonchev–Trinajstić information content (AvgIpc) is 3.20. The molecular formula is C17H14ClN3O3S. The maximum Gasteiger partial charge on any atom is 0.324 e. The standard InChI is InChI=1S/C17H14ClN3O3S/c18-11-3-1-10(2-4-11)13-5-6-14(25-13)16(23)20-7-8-21-12(9-20)15(22)19-17(21)24/h1-6,12H,7-9H2,(H,19,22,24). The zero-order valence-corrected chi connectivity index (χ0v) is 14.6. The van der Waals surface area contributed by atoms with Crippen molar-refractivity contribution in [1.29, 1.82) is 0 Å². The van der Waals surface area contributed by atoms with E-state index >= 15 is 0 Å². The fourth-order valence-electron chi connectivity index (χ4n) is 3.07. The molecule has 6 nitrogen and oxygen atoms in total. The van der Waals surface area contributed by atoms with Gasteiger partial charge < -0.3 is 9.80 Å². The first-order chi connectivity index (χ1) is 12.0. The van der Waals surface area contributed by atoms with Crippen LogP contribution in [0.4, 0.5) is 4.79 Å². The van der Waals surface area contributed by atoms with E-state index in [1.54, 1.807) is 11.0 Å². The van der Waals surface area contributed by atoms with Gasteiger partial charge in [-0.25, -0.2) is 4.79 Å². The van der Waals surface area contributed by atoms with Gasteiger partial charge in [0.25, 0.3) is 11.8 Å². The molecule has 1 aromatic carbocycles. The number of thiophene rings is 1. The SMILES string of the molecule is O=C1NC(=O)N2CCN(C(=O)c3ccc(-c4ccc(Cl)cc4)s3)CC12. The van der Waals surface area contributed by atoms with E-state index in [0.717, 1.165) is 10.4 Å². The topological polar surface area (TPSA) is 69.7 Å². The molecule has 2 aliphatic heterocycles. The smallest absolute Gasteiger partial charge is 0.324 e. The van der Waals surface area contributed by atoms with Crippen LogP contribution in [0.5, 0.6) is 0 Å². The number of rotatable bonds is 2. The first-order valence-corrected chi connectivity index (χ1v) is 8.99. The summed E-state index contributed by atoms with van der Waals surface area (Å²) < 4.78 is 0. The molecule has 0 bridgehead atoms. The fraction of sp³-hybridized carbons (Fsp3) is 0.235. The van der Waals surface area contributed by atoms with E-state index < -0.39 is 6.04 Å². The van der Waals surface area contributed by atoms with Gasteiger partial charge in [-0.15, -0.1) is 11.3 Å². The Balaban J connectivity index is 1.51. The minimum atomic E-state index is -0.583. The highest BCUT2D eigenvalue weighted by Gasteiger charge is 2.43. The minimum absolute atomic E-state index is 0.114. The van der Waals surface area contributed by atoms with Crippen LogP contribution in [0, 0.1) is 0 Å². The molecule has 2 aliphatic rings. The van der Waals surface area contributed by atoms with Gasteiger partial charge in [0.05, 0.1) is 11.4 Å². The molecule has 0 radical (unpaired) electrons. The number of fused-ring (bicyclic) bond motifs is 1. The van der Waals surface area contributed by atoms with Crippen molar-refractivity contribution in [3.8, 4) is 10.4 Å². The Morgan fingerprint density at radius 1 is 1.12 bits per heavy atom. The second-order valence-electron chi connectivity index (χ2n) is 5.93. The number of nitrogens with one attached hydrogen (secondary N) is 1. The zero-order valence-electron chi connectivity index (χ0n) is 13.1. The lowest BCUT2D eigenvalue weighted by Crippen LogP contribution is -2.54. The molecule has 25 heavy (non-hydrogen) atoms. The summed E-state index contributed by atoms with van der Waals surface area (Å²) in [6.45, 7) is 1.01. The van der Waals surface area contributed by atoms with Crippen LogP contribution in [0.25, 0.3) is 10.4 Å². The summed E-state index contributed by atoms with van der Waals surface area (Å²) in [4.78, 5) is 40.9. The molecule has 1 unspecified atom stereocenters. The van der Waals surface area contributed by atoms with Crippen LogP contribution in [0.3, 0.4) is 0 Å². The third kappa shape index (κ3) is 2.89. The van der Waals surface area contributed by atoms with Crippen LogP contribution in [-0.2, 0) is 4.79 Å². The van der Waals surface area contributed by atoms with Gasteiger partial charge in [-0.05, 0) is 29.8 Å². The van der Waals surface area contributed by atoms with Crippen molar-refractivity contribution in [2.45, 2.75) is 6.04 Å². The Hall–Kier alpha value is -2.38. The predicted octanol–water partition coefficient (Wildman–Crippen LogP) is 2.44. The van der Waals surface area contributed by atoms with E-state index in [0.29, 0.717) is 23.0 Å². The van der Waals surface area contributed by atoms with E-state index in [9.17, 15) is 14.4 Å². The van der Waals surface area contributed by atoms with Gasteiger partial charge in [0.2, 0.25) is 0 Å². The molecule has 0 spiro atoms. The number of halogens is 1. The molecular weight excluding hydrogens is 362 g/mol. The number of amides is 4. The average molecular weight is 376 g/mol. The molecule has 1 atom stereocenters. The van der Waals surface area contributed by atoms with Crippen molar-refractivity contribution in [2.75, 3.05) is 19.6 Å². The molecule has 2 fully saturated rings. The third-order valence-electron chi connectivity index (χ3n) is 4.41. The molecule has 4 amide bonds. The van der Waals surface area contributed by atoms with Gasteiger partial charge in [-0.3, -0.25) is 14.9 Å². The van der Waals surface area contributed by atoms with Crippen molar-refractivity contribution in [1.82, 2.24) is 15.1 Å². The van der Waals surface area contributed by atoms with E-state index in [1.807, 2.05) is 30.3 Å². The quantitative estimate of drug-likeness (QED) is 0.820. The lowest BCUT2D eigenvalue weighted by atomic mass is 10.2. The second-order valence-corrected chi connectivity index (χ2v) is 7.45. The molecule has 1 N–H and O–H groups in total. The number of piperazine rings is 1. The van der Waals surface area contributed by atoms with Gasteiger partial charge in [-0.1, -0.05) is 23.7 Å². The van der Waals surface area contributed by atoms with E-state index in [-0.39, 0.29) is 24.4 Å². The van der Waals surface area contributed by atoms with Crippen molar-refractivity contribution >= 4 is 40.8 Å². The lowest BCUT2D eigenvalue weighted by molar-refractivity contribution is -0.122. The molecule has 2 saturated heterocycles. The van der Waals surface area contributed by atoms with Crippen molar-refractivity contribution in [3.63, 3.8) is 0 Å². The highest BCUT2D eigenvalue weighted by Crippen LogP contribution is 2.30. The fourth-order valence-corrected chi connectivity index (χ4v) is 4.18.